The van der Waals surface area contributed by atoms with E-state index in [9.17, 15) is 14.3 Å². The fourth-order valence-electron chi connectivity index (χ4n) is 3.42. The van der Waals surface area contributed by atoms with Crippen molar-refractivity contribution in [1.29, 1.82) is 0 Å². The molecule has 2 aliphatic rings. The summed E-state index contributed by atoms with van der Waals surface area (Å²) in [5.74, 6) is -1.01. The minimum absolute atomic E-state index is 0.174. The number of rotatable bonds is 1. The third-order valence-corrected chi connectivity index (χ3v) is 4.40. The zero-order valence-corrected chi connectivity index (χ0v) is 10.6. The Hall–Kier alpha value is -1.42. The third-order valence-electron chi connectivity index (χ3n) is 4.40. The van der Waals surface area contributed by atoms with E-state index in [-0.39, 0.29) is 11.8 Å². The maximum absolute atomic E-state index is 13.9. The zero-order valence-electron chi connectivity index (χ0n) is 10.6. The van der Waals surface area contributed by atoms with Gasteiger partial charge in [-0.3, -0.25) is 4.79 Å². The molecule has 1 heterocycles. The first-order valence-electron chi connectivity index (χ1n) is 6.86. The topological polar surface area (TPSA) is 49.3 Å². The van der Waals surface area contributed by atoms with Gasteiger partial charge in [0.25, 0.3) is 0 Å². The maximum Gasteiger partial charge on any atom is 0.230 e. The summed E-state index contributed by atoms with van der Waals surface area (Å²) in [5.41, 5.74) is 0.798. The number of amides is 1. The number of aliphatic hydroxyl groups is 1. The van der Waals surface area contributed by atoms with Crippen LogP contribution in [-0.4, -0.2) is 29.3 Å². The Kier molecular flexibility index (Phi) is 3.27. The van der Waals surface area contributed by atoms with E-state index in [1.807, 2.05) is 30.3 Å². The lowest BCUT2D eigenvalue weighted by Gasteiger charge is -2.44. The second kappa shape index (κ2) is 4.93. The standard InChI is InChI=1S/C15H18FNO2/c16-11-8-4-7-10-13(11)17-15(19)12(14(10)18)9-5-2-1-3-6-9/h1-3,5-6,10-14,18H,4,7-8H2,(H,17,19). The Bertz CT molecular complexity index is 464. The molecular formula is C15H18FNO2. The summed E-state index contributed by atoms with van der Waals surface area (Å²) in [7, 11) is 0. The van der Waals surface area contributed by atoms with Crippen molar-refractivity contribution in [3.63, 3.8) is 0 Å². The van der Waals surface area contributed by atoms with Crippen molar-refractivity contribution >= 4 is 5.91 Å². The maximum atomic E-state index is 13.9. The Morgan fingerprint density at radius 1 is 1.21 bits per heavy atom. The summed E-state index contributed by atoms with van der Waals surface area (Å²) >= 11 is 0. The van der Waals surface area contributed by atoms with Crippen LogP contribution in [-0.2, 0) is 4.79 Å². The third kappa shape index (κ3) is 2.14. The van der Waals surface area contributed by atoms with Gasteiger partial charge in [0.2, 0.25) is 5.91 Å². The molecule has 1 aliphatic heterocycles. The first-order chi connectivity index (χ1) is 9.18. The number of benzene rings is 1. The van der Waals surface area contributed by atoms with E-state index in [0.717, 1.165) is 18.4 Å². The molecule has 0 spiro atoms. The zero-order chi connectivity index (χ0) is 13.4. The molecule has 4 heteroatoms. The van der Waals surface area contributed by atoms with Gasteiger partial charge in [-0.1, -0.05) is 36.8 Å². The van der Waals surface area contributed by atoms with Gasteiger partial charge in [-0.15, -0.1) is 0 Å². The highest BCUT2D eigenvalue weighted by molar-refractivity contribution is 5.85. The first kappa shape index (κ1) is 12.6. The SMILES string of the molecule is O=C1NC2C(F)CCCC2C(O)C1c1ccccc1. The minimum atomic E-state index is -1.03. The average molecular weight is 263 g/mol. The van der Waals surface area contributed by atoms with Gasteiger partial charge in [0.05, 0.1) is 18.1 Å². The first-order valence-corrected chi connectivity index (χ1v) is 6.86. The van der Waals surface area contributed by atoms with Crippen molar-refractivity contribution in [1.82, 2.24) is 5.32 Å². The predicted octanol–water partition coefficient (Wildman–Crippen LogP) is 1.77. The van der Waals surface area contributed by atoms with Gasteiger partial charge in [0.1, 0.15) is 6.17 Å². The molecule has 1 amide bonds. The molecule has 5 unspecified atom stereocenters. The molecule has 3 nitrogen and oxygen atoms in total. The van der Waals surface area contributed by atoms with Crippen LogP contribution in [0.15, 0.2) is 30.3 Å². The number of alkyl halides is 1. The lowest BCUT2D eigenvalue weighted by atomic mass is 9.71. The van der Waals surface area contributed by atoms with Crippen LogP contribution in [0.5, 0.6) is 0 Å². The van der Waals surface area contributed by atoms with Crippen molar-refractivity contribution in [2.45, 2.75) is 43.5 Å². The van der Waals surface area contributed by atoms with Gasteiger partial charge in [-0.05, 0) is 18.4 Å². The highest BCUT2D eigenvalue weighted by atomic mass is 19.1. The van der Waals surface area contributed by atoms with E-state index >= 15 is 0 Å². The average Bonchev–Trinajstić information content (AvgIpc) is 2.41. The Balaban J connectivity index is 1.89. The van der Waals surface area contributed by atoms with E-state index in [4.69, 9.17) is 0 Å². The lowest BCUT2D eigenvalue weighted by molar-refractivity contribution is -0.135. The number of fused-ring (bicyclic) bond motifs is 1. The largest absolute Gasteiger partial charge is 0.392 e. The molecular weight excluding hydrogens is 245 g/mol. The number of halogens is 1. The van der Waals surface area contributed by atoms with Crippen LogP contribution in [0.3, 0.4) is 0 Å². The van der Waals surface area contributed by atoms with E-state index < -0.39 is 24.2 Å². The summed E-state index contributed by atoms with van der Waals surface area (Å²) in [6, 6.07) is 8.72. The quantitative estimate of drug-likeness (QED) is 0.811. The molecule has 1 aromatic carbocycles. The van der Waals surface area contributed by atoms with Crippen LogP contribution in [0, 0.1) is 5.92 Å². The van der Waals surface area contributed by atoms with E-state index in [0.29, 0.717) is 6.42 Å². The van der Waals surface area contributed by atoms with E-state index in [1.54, 1.807) is 0 Å². The number of nitrogens with one attached hydrogen (secondary N) is 1. The Morgan fingerprint density at radius 2 is 1.95 bits per heavy atom. The van der Waals surface area contributed by atoms with Crippen LogP contribution >= 0.6 is 0 Å². The Morgan fingerprint density at radius 3 is 2.68 bits per heavy atom. The number of carbonyl (C=O) groups excluding carboxylic acids is 1. The molecule has 1 aliphatic carbocycles. The smallest absolute Gasteiger partial charge is 0.230 e. The molecule has 3 rings (SSSR count). The highest BCUT2D eigenvalue weighted by Gasteiger charge is 2.48. The monoisotopic (exact) mass is 263 g/mol. The predicted molar refractivity (Wildman–Crippen MR) is 69.4 cm³/mol. The van der Waals surface area contributed by atoms with Crippen LogP contribution in [0.4, 0.5) is 4.39 Å². The highest BCUT2D eigenvalue weighted by Crippen LogP contribution is 2.38. The van der Waals surface area contributed by atoms with Gasteiger partial charge in [-0.25, -0.2) is 4.39 Å². The molecule has 2 N–H and O–H groups in total. The molecule has 102 valence electrons. The summed E-state index contributed by atoms with van der Waals surface area (Å²) < 4.78 is 13.9. The number of carbonyl (C=O) groups is 1. The lowest BCUT2D eigenvalue weighted by Crippen LogP contribution is -2.60. The van der Waals surface area contributed by atoms with Crippen molar-refractivity contribution in [2.75, 3.05) is 0 Å². The second-order valence-electron chi connectivity index (χ2n) is 5.52. The summed E-state index contributed by atoms with van der Waals surface area (Å²) in [6.07, 6.45) is 0.199. The van der Waals surface area contributed by atoms with Crippen molar-refractivity contribution in [2.24, 2.45) is 5.92 Å². The molecule has 5 atom stereocenters. The van der Waals surface area contributed by atoms with Crippen molar-refractivity contribution in [3.8, 4) is 0 Å². The second-order valence-corrected chi connectivity index (χ2v) is 5.52. The van der Waals surface area contributed by atoms with Gasteiger partial charge in [0, 0.05) is 5.92 Å². The van der Waals surface area contributed by atoms with E-state index in [1.165, 1.54) is 0 Å². The van der Waals surface area contributed by atoms with Crippen LogP contribution in [0.2, 0.25) is 0 Å². The molecule has 0 bridgehead atoms. The minimum Gasteiger partial charge on any atom is -0.392 e. The molecule has 0 aromatic heterocycles. The summed E-state index contributed by atoms with van der Waals surface area (Å²) in [5, 5.41) is 13.3. The number of piperidine rings is 1. The van der Waals surface area contributed by atoms with Crippen LogP contribution in [0.25, 0.3) is 0 Å². The van der Waals surface area contributed by atoms with Gasteiger partial charge in [0.15, 0.2) is 0 Å². The molecule has 1 saturated carbocycles. The number of hydrogen-bond donors (Lipinski definition) is 2. The van der Waals surface area contributed by atoms with Crippen LogP contribution < -0.4 is 5.32 Å². The molecule has 1 saturated heterocycles. The van der Waals surface area contributed by atoms with E-state index in [2.05, 4.69) is 5.32 Å². The van der Waals surface area contributed by atoms with Gasteiger partial charge >= 0.3 is 0 Å². The Labute approximate surface area is 111 Å². The fourth-order valence-corrected chi connectivity index (χ4v) is 3.42. The fraction of sp³-hybridized carbons (Fsp3) is 0.533. The summed E-state index contributed by atoms with van der Waals surface area (Å²) in [6.45, 7) is 0. The van der Waals surface area contributed by atoms with Gasteiger partial charge < -0.3 is 10.4 Å². The summed E-state index contributed by atoms with van der Waals surface area (Å²) in [4.78, 5) is 12.2. The van der Waals surface area contributed by atoms with Crippen molar-refractivity contribution < 1.29 is 14.3 Å². The number of hydrogen-bond acceptors (Lipinski definition) is 2. The number of aliphatic hydroxyl groups excluding tert-OH is 1. The molecule has 0 radical (unpaired) electrons. The molecule has 19 heavy (non-hydrogen) atoms. The van der Waals surface area contributed by atoms with Crippen molar-refractivity contribution in [3.05, 3.63) is 35.9 Å². The van der Waals surface area contributed by atoms with Crippen LogP contribution in [0.1, 0.15) is 30.7 Å². The molecule has 1 aromatic rings. The normalized spacial score (nSPS) is 38.4. The molecule has 2 fully saturated rings. The van der Waals surface area contributed by atoms with Gasteiger partial charge in [-0.2, -0.15) is 0 Å².